The van der Waals surface area contributed by atoms with E-state index in [-0.39, 0.29) is 42.6 Å². The Morgan fingerprint density at radius 2 is 1.92 bits per heavy atom. The summed E-state index contributed by atoms with van der Waals surface area (Å²) in [4.78, 5) is 37.2. The van der Waals surface area contributed by atoms with Crippen LogP contribution < -0.4 is 15.4 Å². The van der Waals surface area contributed by atoms with Crippen LogP contribution in [0.3, 0.4) is 0 Å². The molecule has 2 heterocycles. The summed E-state index contributed by atoms with van der Waals surface area (Å²) < 4.78 is 11.3. The first-order chi connectivity index (χ1) is 17.9. The van der Waals surface area contributed by atoms with Crippen LogP contribution in [0, 0.1) is 22.7 Å². The molecule has 0 amide bonds. The summed E-state index contributed by atoms with van der Waals surface area (Å²) in [5.41, 5.74) is 8.20. The number of carbonyl (C=O) groups is 1. The number of esters is 1. The molecular weight excluding hydrogens is 472 g/mol. The highest BCUT2D eigenvalue weighted by Crippen LogP contribution is 2.57. The van der Waals surface area contributed by atoms with E-state index in [0.717, 1.165) is 44.0 Å². The second kappa shape index (κ2) is 11.0. The van der Waals surface area contributed by atoms with Crippen LogP contribution in [0.25, 0.3) is 0 Å². The number of nitrogens with two attached hydrogens (primary N) is 1. The lowest BCUT2D eigenvalue weighted by atomic mass is 10.1. The van der Waals surface area contributed by atoms with Crippen LogP contribution in [0.1, 0.15) is 50.7 Å². The summed E-state index contributed by atoms with van der Waals surface area (Å²) >= 11 is 0. The molecule has 0 spiro atoms. The number of benzene rings is 1. The van der Waals surface area contributed by atoms with Crippen molar-refractivity contribution in [2.45, 2.75) is 58.7 Å². The Balaban J connectivity index is 1.40. The molecule has 1 aliphatic heterocycles. The molecule has 1 aromatic carbocycles. The normalized spacial score (nSPS) is 24.5. The Hall–Kier alpha value is -3.27. The number of ether oxygens (including phenoxy) is 2. The van der Waals surface area contributed by atoms with Crippen LogP contribution >= 0.6 is 0 Å². The maximum atomic E-state index is 12.5. The molecule has 5 rings (SSSR count). The number of carbonyl (C=O) groups excluding carboxylic acids is 1. The summed E-state index contributed by atoms with van der Waals surface area (Å²) in [7, 11) is 0. The van der Waals surface area contributed by atoms with E-state index in [4.69, 9.17) is 15.2 Å². The molecule has 3 aliphatic rings. The van der Waals surface area contributed by atoms with E-state index < -0.39 is 5.97 Å². The molecule has 10 nitrogen and oxygen atoms in total. The molecule has 1 saturated heterocycles. The lowest BCUT2D eigenvalue weighted by Crippen LogP contribution is -2.32. The predicted molar refractivity (Wildman–Crippen MR) is 140 cm³/mol. The highest BCUT2D eigenvalue weighted by molar-refractivity contribution is 5.80. The number of anilines is 2. The van der Waals surface area contributed by atoms with Crippen LogP contribution in [-0.2, 0) is 22.6 Å². The Morgan fingerprint density at radius 3 is 2.62 bits per heavy atom. The van der Waals surface area contributed by atoms with E-state index in [1.54, 1.807) is 11.8 Å². The molecule has 10 heteroatoms. The van der Waals surface area contributed by atoms with Gasteiger partial charge in [0.25, 0.3) is 0 Å². The van der Waals surface area contributed by atoms with Crippen LogP contribution in [0.15, 0.2) is 29.4 Å². The third-order valence-corrected chi connectivity index (χ3v) is 7.96. The van der Waals surface area contributed by atoms with Crippen molar-refractivity contribution < 1.29 is 14.3 Å². The van der Waals surface area contributed by atoms with Gasteiger partial charge >= 0.3 is 12.0 Å². The van der Waals surface area contributed by atoms with E-state index in [1.807, 2.05) is 12.1 Å². The number of likely N-dealkylation sites (tertiary alicyclic amines) is 1. The summed E-state index contributed by atoms with van der Waals surface area (Å²) in [5, 5.41) is 3.12. The van der Waals surface area contributed by atoms with Crippen LogP contribution in [-0.4, -0.2) is 53.2 Å². The number of nitroso groups, excluding NO2 is 1. The molecule has 2 atom stereocenters. The van der Waals surface area contributed by atoms with Gasteiger partial charge in [0.05, 0.1) is 6.61 Å². The quantitative estimate of drug-likeness (QED) is 0.354. The predicted octanol–water partition coefficient (Wildman–Crippen LogP) is 4.05. The van der Waals surface area contributed by atoms with Gasteiger partial charge in [0.1, 0.15) is 12.6 Å². The number of hydrogen-bond donors (Lipinski definition) is 1. The number of fused-ring (bicyclic) bond motifs is 1. The van der Waals surface area contributed by atoms with Gasteiger partial charge in [-0.05, 0) is 79.8 Å². The first-order valence-electron chi connectivity index (χ1n) is 13.3. The molecule has 37 heavy (non-hydrogen) atoms. The minimum Gasteiger partial charge on any atom is -0.465 e. The van der Waals surface area contributed by atoms with Gasteiger partial charge in [0.2, 0.25) is 0 Å². The fourth-order valence-electron chi connectivity index (χ4n) is 5.98. The number of hydrogen-bond acceptors (Lipinski definition) is 10. The lowest BCUT2D eigenvalue weighted by molar-refractivity contribution is -0.141. The zero-order chi connectivity index (χ0) is 25.9. The molecule has 1 aromatic heterocycles. The standard InChI is InChI=1S/C27H36N6O4/c1-3-36-23(34)16-33(15-19-8-6-7-18(11-19)14-32-9-4-5-10-32)26-24(31-35)25(28)29-27(30-26)37-20-12-21-17(2)22(21)13-20/h6-8,11,17,20-22H,3-5,9-10,12-16H2,1-2H3,(H2,28,29,30). The van der Waals surface area contributed by atoms with E-state index in [2.05, 4.69) is 39.1 Å². The zero-order valence-electron chi connectivity index (χ0n) is 21.6. The number of aromatic nitrogens is 2. The van der Waals surface area contributed by atoms with Gasteiger partial charge in [0.15, 0.2) is 17.3 Å². The summed E-state index contributed by atoms with van der Waals surface area (Å²) in [5.74, 6) is 1.83. The van der Waals surface area contributed by atoms with Crippen molar-refractivity contribution in [2.24, 2.45) is 22.9 Å². The molecular formula is C27H36N6O4. The molecule has 0 bridgehead atoms. The molecule has 2 N–H and O–H groups in total. The van der Waals surface area contributed by atoms with Crippen molar-refractivity contribution in [2.75, 3.05) is 36.9 Å². The van der Waals surface area contributed by atoms with Crippen LogP contribution in [0.5, 0.6) is 6.01 Å². The SMILES string of the molecule is CCOC(=O)CN(Cc1cccc(CN2CCCC2)c1)c1nc(OC2CC3C(C)C3C2)nc(N)c1N=O. The maximum absolute atomic E-state index is 12.5. The van der Waals surface area contributed by atoms with E-state index in [1.165, 1.54) is 18.4 Å². The fraction of sp³-hybridized carbons (Fsp3) is 0.593. The van der Waals surface area contributed by atoms with Crippen molar-refractivity contribution in [1.29, 1.82) is 0 Å². The molecule has 2 aromatic rings. The Bertz CT molecular complexity index is 1130. The van der Waals surface area contributed by atoms with Crippen molar-refractivity contribution in [3.63, 3.8) is 0 Å². The Kier molecular flexibility index (Phi) is 7.55. The molecule has 3 fully saturated rings. The molecule has 2 saturated carbocycles. The Morgan fingerprint density at radius 1 is 1.19 bits per heavy atom. The Labute approximate surface area is 217 Å². The van der Waals surface area contributed by atoms with Crippen molar-refractivity contribution >= 4 is 23.3 Å². The minimum absolute atomic E-state index is 0.0225. The summed E-state index contributed by atoms with van der Waals surface area (Å²) in [6.45, 7) is 7.58. The van der Waals surface area contributed by atoms with Gasteiger partial charge in [-0.25, -0.2) is 0 Å². The second-order valence-corrected chi connectivity index (χ2v) is 10.5. The van der Waals surface area contributed by atoms with Gasteiger partial charge < -0.3 is 20.1 Å². The van der Waals surface area contributed by atoms with E-state index in [0.29, 0.717) is 18.4 Å². The third kappa shape index (κ3) is 5.84. The molecule has 198 valence electrons. The zero-order valence-corrected chi connectivity index (χ0v) is 21.6. The number of nitrogen functional groups attached to an aromatic ring is 1. The summed E-state index contributed by atoms with van der Waals surface area (Å²) in [6.07, 6.45) is 4.42. The maximum Gasteiger partial charge on any atom is 0.325 e. The highest BCUT2D eigenvalue weighted by atomic mass is 16.5. The van der Waals surface area contributed by atoms with E-state index in [9.17, 15) is 9.70 Å². The van der Waals surface area contributed by atoms with Gasteiger partial charge in [0, 0.05) is 13.1 Å². The first kappa shape index (κ1) is 25.4. The molecule has 2 unspecified atom stereocenters. The van der Waals surface area contributed by atoms with Gasteiger partial charge in [-0.1, -0.05) is 31.2 Å². The van der Waals surface area contributed by atoms with Crippen molar-refractivity contribution in [3.8, 4) is 6.01 Å². The summed E-state index contributed by atoms with van der Waals surface area (Å²) in [6, 6.07) is 8.34. The first-order valence-corrected chi connectivity index (χ1v) is 13.3. The number of rotatable bonds is 11. The smallest absolute Gasteiger partial charge is 0.325 e. The van der Waals surface area contributed by atoms with Crippen LogP contribution in [0.2, 0.25) is 0 Å². The monoisotopic (exact) mass is 508 g/mol. The van der Waals surface area contributed by atoms with Gasteiger partial charge in [-0.3, -0.25) is 9.69 Å². The largest absolute Gasteiger partial charge is 0.465 e. The third-order valence-electron chi connectivity index (χ3n) is 7.96. The highest BCUT2D eigenvalue weighted by Gasteiger charge is 2.54. The molecule has 0 radical (unpaired) electrons. The minimum atomic E-state index is -0.433. The van der Waals surface area contributed by atoms with Gasteiger partial charge in [-0.15, -0.1) is 4.91 Å². The average molecular weight is 509 g/mol. The second-order valence-electron chi connectivity index (χ2n) is 10.5. The topological polar surface area (TPSA) is 123 Å². The van der Waals surface area contributed by atoms with Crippen molar-refractivity contribution in [3.05, 3.63) is 40.3 Å². The number of nitrogens with zero attached hydrogens (tertiary/aromatic N) is 5. The lowest BCUT2D eigenvalue weighted by Gasteiger charge is -2.25. The van der Waals surface area contributed by atoms with E-state index >= 15 is 0 Å². The molecule has 2 aliphatic carbocycles. The van der Waals surface area contributed by atoms with Crippen molar-refractivity contribution in [1.82, 2.24) is 14.9 Å². The van der Waals surface area contributed by atoms with Gasteiger partial charge in [-0.2, -0.15) is 9.97 Å². The average Bonchev–Trinajstić information content (AvgIpc) is 3.26. The van der Waals surface area contributed by atoms with Crippen LogP contribution in [0.4, 0.5) is 17.3 Å². The fourth-order valence-corrected chi connectivity index (χ4v) is 5.98.